The molecule has 11 heteroatoms. The van der Waals surface area contributed by atoms with Crippen LogP contribution in [0.5, 0.6) is 5.75 Å². The van der Waals surface area contributed by atoms with Crippen LogP contribution in [0.2, 0.25) is 0 Å². The van der Waals surface area contributed by atoms with Gasteiger partial charge in [0.05, 0.1) is 29.8 Å². The average molecular weight is 563 g/mol. The number of halogens is 1. The van der Waals surface area contributed by atoms with E-state index in [0.29, 0.717) is 22.9 Å². The number of amides is 1. The van der Waals surface area contributed by atoms with Crippen LogP contribution in [0.3, 0.4) is 0 Å². The molecule has 1 aromatic heterocycles. The van der Waals surface area contributed by atoms with Crippen LogP contribution < -0.4 is 26.1 Å². The Bertz CT molecular complexity index is 1640. The quantitative estimate of drug-likeness (QED) is 0.213. The molecule has 206 valence electrons. The van der Waals surface area contributed by atoms with E-state index in [4.69, 9.17) is 10.5 Å². The molecule has 40 heavy (non-hydrogen) atoms. The lowest BCUT2D eigenvalue weighted by Gasteiger charge is -2.13. The highest BCUT2D eigenvalue weighted by Gasteiger charge is 2.16. The van der Waals surface area contributed by atoms with Gasteiger partial charge >= 0.3 is 11.8 Å². The predicted octanol–water partition coefficient (Wildman–Crippen LogP) is 4.52. The third-order valence-corrected chi connectivity index (χ3v) is 7.26. The molecule has 1 heterocycles. The Morgan fingerprint density at radius 2 is 1.65 bits per heavy atom. The van der Waals surface area contributed by atoms with E-state index >= 15 is 0 Å². The number of hydrogen-bond acceptors (Lipinski definition) is 5. The van der Waals surface area contributed by atoms with Crippen molar-refractivity contribution in [3.63, 3.8) is 0 Å². The number of ether oxygens (including phenoxy) is 1. The molecule has 4 aromatic rings. The number of aromatic amines is 1. The summed E-state index contributed by atoms with van der Waals surface area (Å²) in [5.41, 5.74) is 9.69. The summed E-state index contributed by atoms with van der Waals surface area (Å²) in [5, 5.41) is 5.80. The first kappa shape index (κ1) is 28.2. The Morgan fingerprint density at radius 1 is 0.975 bits per heavy atom. The fraction of sp³-hybridized carbons (Fsp3) is 0.138. The number of benzene rings is 3. The molecule has 0 aliphatic rings. The molecule has 0 fully saturated rings. The van der Waals surface area contributed by atoms with E-state index in [1.54, 1.807) is 49.5 Å². The molecule has 0 aliphatic heterocycles. The number of H-pyrrole nitrogens is 1. The fourth-order valence-corrected chi connectivity index (χ4v) is 4.50. The van der Waals surface area contributed by atoms with Crippen molar-refractivity contribution < 1.29 is 27.3 Å². The van der Waals surface area contributed by atoms with Crippen LogP contribution in [-0.2, 0) is 14.6 Å². The highest BCUT2D eigenvalue weighted by atomic mass is 32.2. The van der Waals surface area contributed by atoms with E-state index in [1.807, 2.05) is 18.2 Å². The number of nitrogens with zero attached hydrogens (tertiary/aromatic N) is 1. The van der Waals surface area contributed by atoms with Crippen molar-refractivity contribution in [2.75, 3.05) is 24.0 Å². The van der Waals surface area contributed by atoms with Crippen LogP contribution in [-0.4, -0.2) is 33.7 Å². The molecule has 0 spiro atoms. The second kappa shape index (κ2) is 12.0. The van der Waals surface area contributed by atoms with Crippen LogP contribution in [0.4, 0.5) is 21.6 Å². The van der Waals surface area contributed by atoms with Crippen molar-refractivity contribution in [2.24, 2.45) is 10.7 Å². The number of aromatic nitrogens is 1. The maximum Gasteiger partial charge on any atom is 0.325 e. The number of sulfone groups is 1. The number of hydrogen-bond donors (Lipinski definition) is 3. The number of nitrogens with one attached hydrogen (secondary N) is 3. The Kier molecular flexibility index (Phi) is 8.44. The SMILES string of the molecule is COc1cc(S(C)(=O)=O)ccc1NC(N)=Nc1ccc(-c2ccc(NC(=O)C(C)c3ccc(F)cc3)cc2)c[nH+]1. The first-order chi connectivity index (χ1) is 19.0. The van der Waals surface area contributed by atoms with Gasteiger partial charge in [0.15, 0.2) is 9.84 Å². The number of anilines is 2. The Morgan fingerprint density at radius 3 is 2.25 bits per heavy atom. The van der Waals surface area contributed by atoms with E-state index < -0.39 is 15.8 Å². The summed E-state index contributed by atoms with van der Waals surface area (Å²) in [5.74, 6) is -0.0972. The minimum Gasteiger partial charge on any atom is -0.495 e. The Balaban J connectivity index is 1.40. The minimum atomic E-state index is -3.38. The number of aliphatic imine (C=N–C) groups is 1. The lowest BCUT2D eigenvalue weighted by atomic mass is 10.00. The van der Waals surface area contributed by atoms with Gasteiger partial charge in [0.2, 0.25) is 5.91 Å². The number of methoxy groups -OCH3 is 1. The molecule has 1 amide bonds. The molecule has 0 saturated carbocycles. The van der Waals surface area contributed by atoms with E-state index in [0.717, 1.165) is 22.9 Å². The number of pyridine rings is 1. The van der Waals surface area contributed by atoms with Gasteiger partial charge < -0.3 is 21.1 Å². The molecule has 9 nitrogen and oxygen atoms in total. The van der Waals surface area contributed by atoms with Gasteiger partial charge in [0, 0.05) is 29.6 Å². The Labute approximate surface area is 231 Å². The van der Waals surface area contributed by atoms with Crippen molar-refractivity contribution in [1.29, 1.82) is 0 Å². The second-order valence-electron chi connectivity index (χ2n) is 9.06. The molecule has 0 radical (unpaired) electrons. The summed E-state index contributed by atoms with van der Waals surface area (Å²) in [6.45, 7) is 1.77. The molecular formula is C29H29FN5O4S+. The zero-order chi connectivity index (χ0) is 28.9. The fourth-order valence-electron chi connectivity index (χ4n) is 3.87. The van der Waals surface area contributed by atoms with Gasteiger partial charge in [-0.1, -0.05) is 24.3 Å². The molecular weight excluding hydrogens is 533 g/mol. The first-order valence-corrected chi connectivity index (χ1v) is 14.1. The van der Waals surface area contributed by atoms with Crippen molar-refractivity contribution in [3.05, 3.63) is 96.4 Å². The third kappa shape index (κ3) is 7.00. The topological polar surface area (TPSA) is 137 Å². The molecule has 0 aliphatic carbocycles. The predicted molar refractivity (Wildman–Crippen MR) is 153 cm³/mol. The van der Waals surface area contributed by atoms with Gasteiger partial charge in [-0.3, -0.25) is 4.79 Å². The molecule has 4 rings (SSSR count). The molecule has 1 unspecified atom stereocenters. The van der Waals surface area contributed by atoms with Gasteiger partial charge in [-0.15, -0.1) is 0 Å². The van der Waals surface area contributed by atoms with Crippen molar-refractivity contribution in [1.82, 2.24) is 0 Å². The number of rotatable bonds is 8. The van der Waals surface area contributed by atoms with Gasteiger partial charge in [0.1, 0.15) is 11.6 Å². The van der Waals surface area contributed by atoms with Crippen molar-refractivity contribution in [2.45, 2.75) is 17.7 Å². The minimum absolute atomic E-state index is 0.0735. The van der Waals surface area contributed by atoms with E-state index in [2.05, 4.69) is 20.6 Å². The number of carbonyl (C=O) groups is 1. The van der Waals surface area contributed by atoms with Crippen LogP contribution in [0.25, 0.3) is 11.1 Å². The highest BCUT2D eigenvalue weighted by molar-refractivity contribution is 7.90. The van der Waals surface area contributed by atoms with Gasteiger partial charge in [-0.05, 0) is 65.5 Å². The van der Waals surface area contributed by atoms with Crippen molar-refractivity contribution >= 4 is 38.9 Å². The monoisotopic (exact) mass is 562 g/mol. The summed E-state index contributed by atoms with van der Waals surface area (Å²) in [6.07, 6.45) is 2.90. The third-order valence-electron chi connectivity index (χ3n) is 6.15. The van der Waals surface area contributed by atoms with E-state index in [1.165, 1.54) is 31.4 Å². The summed E-state index contributed by atoms with van der Waals surface area (Å²) >= 11 is 0. The highest BCUT2D eigenvalue weighted by Crippen LogP contribution is 2.28. The lowest BCUT2D eigenvalue weighted by molar-refractivity contribution is -0.361. The van der Waals surface area contributed by atoms with Crippen LogP contribution in [0, 0.1) is 5.82 Å². The zero-order valence-electron chi connectivity index (χ0n) is 22.1. The van der Waals surface area contributed by atoms with Crippen LogP contribution in [0.1, 0.15) is 18.4 Å². The maximum absolute atomic E-state index is 13.2. The largest absolute Gasteiger partial charge is 0.495 e. The summed E-state index contributed by atoms with van der Waals surface area (Å²) in [7, 11) is -1.95. The number of nitrogens with two attached hydrogens (primary N) is 1. The maximum atomic E-state index is 13.2. The normalized spacial score (nSPS) is 12.4. The average Bonchev–Trinajstić information content (AvgIpc) is 2.93. The summed E-state index contributed by atoms with van der Waals surface area (Å²) in [4.78, 5) is 20.1. The first-order valence-electron chi connectivity index (χ1n) is 12.2. The van der Waals surface area contributed by atoms with Crippen LogP contribution >= 0.6 is 0 Å². The standard InChI is InChI=1S/C29H28FN5O4S/c1-18(19-4-9-22(30)10-5-19)28(36)33-23-11-6-20(7-12-23)21-8-15-27(32-17-21)35-29(31)34-25-14-13-24(40(3,37)38)16-26(25)39-2/h4-18H,1-3H3,(H,33,36)(H3,31,32,34,35)/p+1. The molecule has 0 bridgehead atoms. The molecule has 0 saturated heterocycles. The molecule has 3 aromatic carbocycles. The van der Waals surface area contributed by atoms with E-state index in [-0.39, 0.29) is 22.6 Å². The molecule has 1 atom stereocenters. The Hall–Kier alpha value is -4.77. The zero-order valence-corrected chi connectivity index (χ0v) is 22.9. The van der Waals surface area contributed by atoms with Gasteiger partial charge in [0.25, 0.3) is 0 Å². The lowest BCUT2D eigenvalue weighted by Crippen LogP contribution is -2.23. The summed E-state index contributed by atoms with van der Waals surface area (Å²) < 4.78 is 42.0. The second-order valence-corrected chi connectivity index (χ2v) is 11.1. The van der Waals surface area contributed by atoms with Gasteiger partial charge in [-0.2, -0.15) is 0 Å². The smallest absolute Gasteiger partial charge is 0.325 e. The molecule has 5 N–H and O–H groups in total. The summed E-state index contributed by atoms with van der Waals surface area (Å²) in [6, 6.07) is 21.3. The van der Waals surface area contributed by atoms with E-state index in [9.17, 15) is 17.6 Å². The van der Waals surface area contributed by atoms with Gasteiger partial charge in [-0.25, -0.2) is 17.8 Å². The number of carbonyl (C=O) groups excluding carboxylic acids is 1. The van der Waals surface area contributed by atoms with Crippen LogP contribution in [0.15, 0.2) is 94.9 Å². The van der Waals surface area contributed by atoms with Crippen molar-refractivity contribution in [3.8, 4) is 16.9 Å². The number of guanidine groups is 1.